The molecule has 1 aromatic rings. The summed E-state index contributed by atoms with van der Waals surface area (Å²) in [6.07, 6.45) is 11.1. The van der Waals surface area contributed by atoms with Crippen molar-refractivity contribution in [2.75, 3.05) is 0 Å². The molecule has 0 aromatic carbocycles. The van der Waals surface area contributed by atoms with Crippen LogP contribution in [0.4, 0.5) is 0 Å². The van der Waals surface area contributed by atoms with E-state index in [0.717, 1.165) is 76.3 Å². The molecule has 1 aliphatic heterocycles. The number of nitrogens with zero attached hydrogens (tertiary/aromatic N) is 2. The summed E-state index contributed by atoms with van der Waals surface area (Å²) in [7, 11) is 0. The zero-order chi connectivity index (χ0) is 38.7. The van der Waals surface area contributed by atoms with Crippen molar-refractivity contribution in [3.05, 3.63) is 17.5 Å². The van der Waals surface area contributed by atoms with E-state index in [9.17, 15) is 28.8 Å². The number of Topliss-reactive ketones (excluding diaryl/α,β-unsaturated/α-hetero) is 1. The van der Waals surface area contributed by atoms with E-state index in [1.54, 1.807) is 11.0 Å². The number of hydrogen-bond donors (Lipinski definition) is 5. The number of H-pyrrole nitrogens is 1. The summed E-state index contributed by atoms with van der Waals surface area (Å²) in [6.45, 7) is 13.6. The highest BCUT2D eigenvalue weighted by atomic mass is 16.2. The van der Waals surface area contributed by atoms with Gasteiger partial charge in [-0.2, -0.15) is 5.10 Å². The van der Waals surface area contributed by atoms with Gasteiger partial charge in [0.1, 0.15) is 23.8 Å². The minimum Gasteiger partial charge on any atom is -0.347 e. The van der Waals surface area contributed by atoms with Crippen LogP contribution in [0, 0.1) is 17.3 Å². The first-order chi connectivity index (χ1) is 25.0. The summed E-state index contributed by atoms with van der Waals surface area (Å²) in [4.78, 5) is 84.6. The van der Waals surface area contributed by atoms with E-state index in [1.165, 1.54) is 0 Å². The molecule has 3 aliphatic carbocycles. The summed E-state index contributed by atoms with van der Waals surface area (Å²) in [5, 5.41) is 18.9. The molecule has 0 bridgehead atoms. The highest BCUT2D eigenvalue weighted by molar-refractivity contribution is 6.38. The number of ketones is 1. The van der Waals surface area contributed by atoms with E-state index in [4.69, 9.17) is 0 Å². The Kier molecular flexibility index (Phi) is 12.7. The number of amides is 5. The van der Waals surface area contributed by atoms with Crippen LogP contribution in [0.2, 0.25) is 0 Å². The number of fused-ring (bicyclic) bond motifs is 1. The number of hydrogen-bond acceptors (Lipinski definition) is 7. The lowest BCUT2D eigenvalue weighted by atomic mass is 9.81. The highest BCUT2D eigenvalue weighted by Gasteiger charge is 2.51. The van der Waals surface area contributed by atoms with Crippen LogP contribution in [0.25, 0.3) is 0 Å². The van der Waals surface area contributed by atoms with Crippen molar-refractivity contribution < 1.29 is 28.8 Å². The van der Waals surface area contributed by atoms with E-state index in [2.05, 4.69) is 31.5 Å². The second-order valence-corrected chi connectivity index (χ2v) is 18.1. The minimum absolute atomic E-state index is 0.0118. The molecule has 4 fully saturated rings. The molecule has 5 N–H and O–H groups in total. The maximum absolute atomic E-state index is 14.9. The molecule has 2 heterocycles. The Morgan fingerprint density at radius 1 is 0.868 bits per heavy atom. The van der Waals surface area contributed by atoms with Crippen molar-refractivity contribution in [3.63, 3.8) is 0 Å². The third-order valence-corrected chi connectivity index (χ3v) is 11.7. The highest BCUT2D eigenvalue weighted by Crippen LogP contribution is 2.41. The Morgan fingerprint density at radius 3 is 2.13 bits per heavy atom. The SMILES string of the molecule is CCC[C@H](NC(=O)[C@H]1CC2CCCCC2N1C(=O)[C@@H](NC(=O)[C@@H](NC(=O)c1cc(C(C)(C)C)[nH]n1)C1CCCCC1)C(C)(C)C)C(=O)C(=O)NC1CC1. The number of carbonyl (C=O) groups excluding carboxylic acids is 6. The summed E-state index contributed by atoms with van der Waals surface area (Å²) < 4.78 is 0. The summed E-state index contributed by atoms with van der Waals surface area (Å²) >= 11 is 0. The van der Waals surface area contributed by atoms with Gasteiger partial charge in [0, 0.05) is 23.2 Å². The Labute approximate surface area is 314 Å². The van der Waals surface area contributed by atoms with Gasteiger partial charge in [0.15, 0.2) is 0 Å². The molecular formula is C40H63N7O6. The van der Waals surface area contributed by atoms with Gasteiger partial charge in [-0.25, -0.2) is 0 Å². The first-order valence-electron chi connectivity index (χ1n) is 20.1. The van der Waals surface area contributed by atoms with Gasteiger partial charge >= 0.3 is 0 Å². The fourth-order valence-electron chi connectivity index (χ4n) is 8.41. The second kappa shape index (κ2) is 16.7. The average molecular weight is 738 g/mol. The van der Waals surface area contributed by atoms with E-state index in [1.807, 2.05) is 48.5 Å². The van der Waals surface area contributed by atoms with Crippen LogP contribution in [-0.4, -0.2) is 86.7 Å². The molecule has 1 saturated heterocycles. The van der Waals surface area contributed by atoms with Gasteiger partial charge in [-0.15, -0.1) is 0 Å². The van der Waals surface area contributed by atoms with E-state index in [-0.39, 0.29) is 40.9 Å². The molecule has 0 radical (unpaired) electrons. The van der Waals surface area contributed by atoms with Crippen molar-refractivity contribution in [2.45, 2.75) is 180 Å². The molecule has 13 heteroatoms. The quantitative estimate of drug-likeness (QED) is 0.188. The van der Waals surface area contributed by atoms with Gasteiger partial charge in [-0.05, 0) is 74.7 Å². The molecular weight excluding hydrogens is 674 g/mol. The van der Waals surface area contributed by atoms with Crippen LogP contribution in [0.15, 0.2) is 6.07 Å². The second-order valence-electron chi connectivity index (χ2n) is 18.1. The predicted molar refractivity (Wildman–Crippen MR) is 201 cm³/mol. The number of rotatable bonds is 13. The lowest BCUT2D eigenvalue weighted by Gasteiger charge is -2.40. The lowest BCUT2D eigenvalue weighted by Crippen LogP contribution is -2.63. The van der Waals surface area contributed by atoms with Crippen molar-refractivity contribution in [1.29, 1.82) is 0 Å². The van der Waals surface area contributed by atoms with Gasteiger partial charge in [0.25, 0.3) is 11.8 Å². The zero-order valence-electron chi connectivity index (χ0n) is 32.9. The Balaban J connectivity index is 1.38. The van der Waals surface area contributed by atoms with Crippen molar-refractivity contribution >= 4 is 35.3 Å². The fourth-order valence-corrected chi connectivity index (χ4v) is 8.41. The summed E-state index contributed by atoms with van der Waals surface area (Å²) in [5.41, 5.74) is 0.0145. The molecule has 13 nitrogen and oxygen atoms in total. The maximum Gasteiger partial charge on any atom is 0.289 e. The Morgan fingerprint density at radius 2 is 1.53 bits per heavy atom. The fraction of sp³-hybridized carbons (Fsp3) is 0.775. The molecule has 0 spiro atoms. The number of aromatic amines is 1. The van der Waals surface area contributed by atoms with Crippen molar-refractivity contribution in [1.82, 2.24) is 36.4 Å². The van der Waals surface area contributed by atoms with E-state index in [0.29, 0.717) is 19.3 Å². The first kappa shape index (κ1) is 40.4. The standard InChI is InChI=1S/C40H63N7O6/c1-8-14-26(32(48)37(52)41-25-19-20-25)42-35(50)29-21-24-17-12-13-18-28(24)47(29)38(53)33(40(5,6)7)44-36(51)31(23-15-10-9-11-16-23)43-34(49)27-22-30(46-45-27)39(2,3)4/h22-26,28-29,31,33H,8-21H2,1-7H3,(H,41,52)(H,42,50)(H,43,49)(H,44,51)(H,45,46)/t24?,26-,28?,29+,31-,33+/m0/s1. The van der Waals surface area contributed by atoms with Crippen LogP contribution < -0.4 is 21.3 Å². The van der Waals surface area contributed by atoms with Gasteiger partial charge in [-0.3, -0.25) is 33.9 Å². The van der Waals surface area contributed by atoms with E-state index < -0.39 is 59.0 Å². The van der Waals surface area contributed by atoms with Crippen molar-refractivity contribution in [3.8, 4) is 0 Å². The Hall–Kier alpha value is -3.77. The van der Waals surface area contributed by atoms with Crippen LogP contribution in [0.5, 0.6) is 0 Å². The van der Waals surface area contributed by atoms with Crippen LogP contribution in [0.3, 0.4) is 0 Å². The minimum atomic E-state index is -0.996. The third-order valence-electron chi connectivity index (χ3n) is 11.7. The van der Waals surface area contributed by atoms with E-state index >= 15 is 0 Å². The normalized spacial score (nSPS) is 24.0. The molecule has 3 saturated carbocycles. The van der Waals surface area contributed by atoms with Crippen molar-refractivity contribution in [2.24, 2.45) is 17.3 Å². The molecule has 1 aromatic heterocycles. The molecule has 5 amide bonds. The largest absolute Gasteiger partial charge is 0.347 e. The summed E-state index contributed by atoms with van der Waals surface area (Å²) in [5.74, 6) is -3.02. The number of carbonyl (C=O) groups is 6. The first-order valence-corrected chi connectivity index (χ1v) is 20.1. The monoisotopic (exact) mass is 737 g/mol. The number of nitrogens with one attached hydrogen (secondary N) is 5. The molecule has 2 unspecified atom stereocenters. The molecule has 5 rings (SSSR count). The van der Waals surface area contributed by atoms with Gasteiger partial charge < -0.3 is 26.2 Å². The molecule has 6 atom stereocenters. The van der Waals surface area contributed by atoms with Gasteiger partial charge in [-0.1, -0.05) is 87.0 Å². The topological polar surface area (TPSA) is 182 Å². The lowest BCUT2D eigenvalue weighted by molar-refractivity contribution is -0.147. The summed E-state index contributed by atoms with van der Waals surface area (Å²) in [6, 6.07) is -2.17. The predicted octanol–water partition coefficient (Wildman–Crippen LogP) is 4.21. The number of likely N-dealkylation sites (tertiary alicyclic amines) is 1. The van der Waals surface area contributed by atoms with Gasteiger partial charge in [0.2, 0.25) is 23.5 Å². The smallest absolute Gasteiger partial charge is 0.289 e. The molecule has 4 aliphatic rings. The average Bonchev–Trinajstić information content (AvgIpc) is 3.60. The Bertz CT molecular complexity index is 1520. The number of aromatic nitrogens is 2. The zero-order valence-corrected chi connectivity index (χ0v) is 32.9. The third kappa shape index (κ3) is 9.86. The molecule has 294 valence electrons. The van der Waals surface area contributed by atoms with Crippen LogP contribution in [0.1, 0.15) is 155 Å². The molecule has 53 heavy (non-hydrogen) atoms. The van der Waals surface area contributed by atoms with Crippen LogP contribution >= 0.6 is 0 Å². The maximum atomic E-state index is 14.9. The van der Waals surface area contributed by atoms with Gasteiger partial charge in [0.05, 0.1) is 6.04 Å². The van der Waals surface area contributed by atoms with Crippen LogP contribution in [-0.2, 0) is 29.4 Å².